The van der Waals surface area contributed by atoms with E-state index in [0.717, 1.165) is 0 Å². The predicted octanol–water partition coefficient (Wildman–Crippen LogP) is 3.78. The van der Waals surface area contributed by atoms with Gasteiger partial charge in [-0.25, -0.2) is 12.8 Å². The number of benzene rings is 2. The summed E-state index contributed by atoms with van der Waals surface area (Å²) < 4.78 is 40.1. The fourth-order valence-corrected chi connectivity index (χ4v) is 4.11. The summed E-state index contributed by atoms with van der Waals surface area (Å²) in [4.78, 5) is 0.145. The molecule has 0 saturated carbocycles. The van der Waals surface area contributed by atoms with Crippen LogP contribution in [0.15, 0.2) is 53.4 Å². The highest BCUT2D eigenvalue weighted by atomic mass is 35.5. The average molecular weight is 328 g/mol. The van der Waals surface area contributed by atoms with Crippen LogP contribution in [0.4, 0.5) is 10.1 Å². The lowest BCUT2D eigenvalue weighted by atomic mass is 10.2. The van der Waals surface area contributed by atoms with Crippen molar-refractivity contribution >= 4 is 27.3 Å². The Morgan fingerprint density at radius 1 is 1.14 bits per heavy atom. The number of anilines is 1. The Kier molecular flexibility index (Phi) is 4.85. The second-order valence-corrected chi connectivity index (χ2v) is 6.49. The van der Waals surface area contributed by atoms with E-state index in [9.17, 15) is 12.8 Å². The first-order chi connectivity index (χ1) is 10.0. The number of rotatable bonds is 5. The molecule has 2 aromatic carbocycles. The van der Waals surface area contributed by atoms with Crippen LogP contribution in [0.2, 0.25) is 0 Å². The smallest absolute Gasteiger partial charge is 0.264 e. The number of sulfonamides is 1. The summed E-state index contributed by atoms with van der Waals surface area (Å²) in [5, 5.41) is 0. The van der Waals surface area contributed by atoms with Crippen LogP contribution in [-0.2, 0) is 15.9 Å². The number of hydrogen-bond acceptors (Lipinski definition) is 2. The van der Waals surface area contributed by atoms with Crippen molar-refractivity contribution < 1.29 is 12.8 Å². The molecule has 0 unspecified atom stereocenters. The summed E-state index contributed by atoms with van der Waals surface area (Å²) in [5.74, 6) is -0.386. The topological polar surface area (TPSA) is 37.4 Å². The zero-order chi connectivity index (χ0) is 15.5. The Bertz CT molecular complexity index is 734. The molecule has 0 atom stereocenters. The zero-order valence-electron chi connectivity index (χ0n) is 11.5. The third-order valence-electron chi connectivity index (χ3n) is 3.07. The maximum atomic E-state index is 13.4. The first-order valence-electron chi connectivity index (χ1n) is 6.43. The van der Waals surface area contributed by atoms with Gasteiger partial charge in [0, 0.05) is 12.4 Å². The van der Waals surface area contributed by atoms with E-state index in [4.69, 9.17) is 11.6 Å². The summed E-state index contributed by atoms with van der Waals surface area (Å²) in [7, 11) is -3.78. The quantitative estimate of drug-likeness (QED) is 0.784. The Labute approximate surface area is 129 Å². The molecule has 0 aromatic heterocycles. The first-order valence-corrected chi connectivity index (χ1v) is 8.40. The van der Waals surface area contributed by atoms with E-state index in [-0.39, 0.29) is 17.3 Å². The summed E-state index contributed by atoms with van der Waals surface area (Å²) in [6.45, 7) is 1.90. The highest BCUT2D eigenvalue weighted by Crippen LogP contribution is 2.26. The first kappa shape index (κ1) is 15.8. The van der Waals surface area contributed by atoms with Crippen molar-refractivity contribution in [1.29, 1.82) is 0 Å². The van der Waals surface area contributed by atoms with Crippen LogP contribution in [0, 0.1) is 5.82 Å². The van der Waals surface area contributed by atoms with E-state index in [0.29, 0.717) is 11.3 Å². The van der Waals surface area contributed by atoms with Crippen LogP contribution in [0.25, 0.3) is 0 Å². The van der Waals surface area contributed by atoms with Gasteiger partial charge < -0.3 is 0 Å². The lowest BCUT2D eigenvalue weighted by Crippen LogP contribution is -2.31. The maximum Gasteiger partial charge on any atom is 0.264 e. The summed E-state index contributed by atoms with van der Waals surface area (Å²) in [5.41, 5.74) is 0.816. The molecule has 0 fully saturated rings. The minimum atomic E-state index is -3.78. The van der Waals surface area contributed by atoms with Crippen LogP contribution < -0.4 is 4.31 Å². The number of nitrogens with zero attached hydrogens (tertiary/aromatic N) is 1. The molecule has 2 rings (SSSR count). The summed E-state index contributed by atoms with van der Waals surface area (Å²) in [6, 6.07) is 12.1. The molecule has 112 valence electrons. The molecule has 6 heteroatoms. The van der Waals surface area contributed by atoms with Gasteiger partial charge in [-0.3, -0.25) is 4.31 Å². The van der Waals surface area contributed by atoms with E-state index >= 15 is 0 Å². The molecular formula is C15H15ClFNO2S. The minimum Gasteiger partial charge on any atom is -0.267 e. The fourth-order valence-electron chi connectivity index (χ4n) is 2.11. The molecular weight excluding hydrogens is 313 g/mol. The van der Waals surface area contributed by atoms with Gasteiger partial charge in [0.05, 0.1) is 10.6 Å². The molecule has 0 aliphatic rings. The molecule has 0 aliphatic heterocycles. The second-order valence-electron chi connectivity index (χ2n) is 4.39. The van der Waals surface area contributed by atoms with Gasteiger partial charge >= 0.3 is 0 Å². The van der Waals surface area contributed by atoms with Gasteiger partial charge in [-0.2, -0.15) is 0 Å². The molecule has 2 aromatic rings. The monoisotopic (exact) mass is 327 g/mol. The fraction of sp³-hybridized carbons (Fsp3) is 0.200. The van der Waals surface area contributed by atoms with Crippen molar-refractivity contribution in [3.63, 3.8) is 0 Å². The van der Waals surface area contributed by atoms with Gasteiger partial charge in [0.15, 0.2) is 0 Å². The minimum absolute atomic E-state index is 0.0934. The highest BCUT2D eigenvalue weighted by molar-refractivity contribution is 7.92. The average Bonchev–Trinajstić information content (AvgIpc) is 2.47. The van der Waals surface area contributed by atoms with Crippen molar-refractivity contribution in [2.24, 2.45) is 0 Å². The van der Waals surface area contributed by atoms with Crippen LogP contribution in [0.3, 0.4) is 0 Å². The van der Waals surface area contributed by atoms with Crippen molar-refractivity contribution in [3.05, 3.63) is 59.9 Å². The number of hydrogen-bond donors (Lipinski definition) is 0. The standard InChI is InChI=1S/C15H15ClFNO2S/c1-2-18(14-8-5-7-13(17)10-14)21(19,20)15-9-4-3-6-12(15)11-16/h3-10H,2,11H2,1H3. The molecule has 0 saturated heterocycles. The molecule has 0 N–H and O–H groups in total. The molecule has 0 spiro atoms. The molecule has 0 heterocycles. The van der Waals surface area contributed by atoms with Gasteiger partial charge in [-0.1, -0.05) is 24.3 Å². The van der Waals surface area contributed by atoms with Gasteiger partial charge in [-0.05, 0) is 36.8 Å². The lowest BCUT2D eigenvalue weighted by Gasteiger charge is -2.24. The predicted molar refractivity (Wildman–Crippen MR) is 82.6 cm³/mol. The normalized spacial score (nSPS) is 11.4. The molecule has 0 bridgehead atoms. The molecule has 3 nitrogen and oxygen atoms in total. The molecule has 0 aliphatic carbocycles. The van der Waals surface area contributed by atoms with Crippen molar-refractivity contribution in [2.75, 3.05) is 10.8 Å². The van der Waals surface area contributed by atoms with Gasteiger partial charge in [-0.15, -0.1) is 11.6 Å². The third-order valence-corrected chi connectivity index (χ3v) is 5.36. The van der Waals surface area contributed by atoms with Gasteiger partial charge in [0.25, 0.3) is 10.0 Å². The number of alkyl halides is 1. The summed E-state index contributed by atoms with van der Waals surface area (Å²) in [6.07, 6.45) is 0. The van der Waals surface area contributed by atoms with E-state index in [2.05, 4.69) is 0 Å². The van der Waals surface area contributed by atoms with Crippen LogP contribution >= 0.6 is 11.6 Å². The SMILES string of the molecule is CCN(c1cccc(F)c1)S(=O)(=O)c1ccccc1CCl. The Balaban J connectivity index is 2.55. The Morgan fingerprint density at radius 3 is 2.48 bits per heavy atom. The highest BCUT2D eigenvalue weighted by Gasteiger charge is 2.25. The van der Waals surface area contributed by atoms with E-state index in [1.807, 2.05) is 0 Å². The van der Waals surface area contributed by atoms with Crippen molar-refractivity contribution in [2.45, 2.75) is 17.7 Å². The largest absolute Gasteiger partial charge is 0.267 e. The Morgan fingerprint density at radius 2 is 1.86 bits per heavy atom. The Hall–Kier alpha value is -1.59. The molecule has 21 heavy (non-hydrogen) atoms. The van der Waals surface area contributed by atoms with Crippen LogP contribution in [0.1, 0.15) is 12.5 Å². The van der Waals surface area contributed by atoms with E-state index in [1.165, 1.54) is 28.6 Å². The van der Waals surface area contributed by atoms with Gasteiger partial charge in [0.2, 0.25) is 0 Å². The third kappa shape index (κ3) is 3.19. The molecule has 0 amide bonds. The van der Waals surface area contributed by atoms with E-state index in [1.54, 1.807) is 31.2 Å². The van der Waals surface area contributed by atoms with Gasteiger partial charge in [0.1, 0.15) is 5.82 Å². The van der Waals surface area contributed by atoms with E-state index < -0.39 is 15.8 Å². The van der Waals surface area contributed by atoms with Crippen LogP contribution in [0.5, 0.6) is 0 Å². The van der Waals surface area contributed by atoms with Crippen molar-refractivity contribution in [1.82, 2.24) is 0 Å². The zero-order valence-corrected chi connectivity index (χ0v) is 13.0. The molecule has 0 radical (unpaired) electrons. The number of halogens is 2. The van der Waals surface area contributed by atoms with Crippen molar-refractivity contribution in [3.8, 4) is 0 Å². The second kappa shape index (κ2) is 6.45. The maximum absolute atomic E-state index is 13.4. The lowest BCUT2D eigenvalue weighted by molar-refractivity contribution is 0.590. The van der Waals surface area contributed by atoms with Crippen LogP contribution in [-0.4, -0.2) is 15.0 Å². The summed E-state index contributed by atoms with van der Waals surface area (Å²) >= 11 is 5.81.